The highest BCUT2D eigenvalue weighted by atomic mass is 16.3. The van der Waals surface area contributed by atoms with Gasteiger partial charge in [0, 0.05) is 11.9 Å². The molecule has 0 amide bonds. The molecule has 1 fully saturated rings. The van der Waals surface area contributed by atoms with Gasteiger partial charge in [-0.3, -0.25) is 4.98 Å². The van der Waals surface area contributed by atoms with Gasteiger partial charge in [-0.2, -0.15) is 0 Å². The van der Waals surface area contributed by atoms with Crippen molar-refractivity contribution >= 4 is 22.3 Å². The lowest BCUT2D eigenvalue weighted by atomic mass is 9.85. The third-order valence-corrected chi connectivity index (χ3v) is 4.18. The molecule has 1 aliphatic rings. The fourth-order valence-corrected chi connectivity index (χ4v) is 2.99. The van der Waals surface area contributed by atoms with Gasteiger partial charge >= 0.3 is 0 Å². The van der Waals surface area contributed by atoms with E-state index in [9.17, 15) is 5.11 Å². The van der Waals surface area contributed by atoms with Gasteiger partial charge in [0.2, 0.25) is 0 Å². The minimum atomic E-state index is -0.602. The van der Waals surface area contributed by atoms with Crippen LogP contribution in [0.5, 0.6) is 0 Å². The van der Waals surface area contributed by atoms with Crippen LogP contribution in [0.1, 0.15) is 32.1 Å². The minimum Gasteiger partial charge on any atom is -0.396 e. The van der Waals surface area contributed by atoms with Gasteiger partial charge in [-0.15, -0.1) is 0 Å². The zero-order valence-corrected chi connectivity index (χ0v) is 11.6. The fourth-order valence-electron chi connectivity index (χ4n) is 2.99. The standard InChI is InChI=1S/C16H21N3O/c17-13-10-18-14-7-3-2-6-12(14)15(13)19-11-16(20)8-4-1-5-9-16/h2-3,6-7,10,20H,1,4-5,8-9,11,17H2,(H,18,19). The van der Waals surface area contributed by atoms with Crippen molar-refractivity contribution in [3.63, 3.8) is 0 Å². The Hall–Kier alpha value is -1.81. The molecular formula is C16H21N3O. The van der Waals surface area contributed by atoms with Crippen molar-refractivity contribution in [2.75, 3.05) is 17.6 Å². The van der Waals surface area contributed by atoms with Gasteiger partial charge in [0.15, 0.2) is 0 Å². The van der Waals surface area contributed by atoms with E-state index in [0.717, 1.165) is 42.3 Å². The molecule has 0 radical (unpaired) electrons. The van der Waals surface area contributed by atoms with Crippen LogP contribution in [0.15, 0.2) is 30.5 Å². The molecular weight excluding hydrogens is 250 g/mol. The number of pyridine rings is 1. The Labute approximate surface area is 119 Å². The highest BCUT2D eigenvalue weighted by Gasteiger charge is 2.29. The van der Waals surface area contributed by atoms with Crippen molar-refractivity contribution in [3.8, 4) is 0 Å². The lowest BCUT2D eigenvalue weighted by molar-refractivity contribution is 0.0167. The number of nitrogens with one attached hydrogen (secondary N) is 1. The SMILES string of the molecule is Nc1cnc2ccccc2c1NCC1(O)CCCCC1. The van der Waals surface area contributed by atoms with E-state index in [2.05, 4.69) is 10.3 Å². The molecule has 2 aromatic rings. The van der Waals surface area contributed by atoms with E-state index in [1.54, 1.807) is 6.20 Å². The Bertz CT molecular complexity index is 606. The summed E-state index contributed by atoms with van der Waals surface area (Å²) in [6.07, 6.45) is 6.83. The first-order valence-electron chi connectivity index (χ1n) is 7.27. The minimum absolute atomic E-state index is 0.547. The highest BCUT2D eigenvalue weighted by molar-refractivity contribution is 5.96. The molecule has 1 aromatic heterocycles. The summed E-state index contributed by atoms with van der Waals surface area (Å²) in [4.78, 5) is 4.33. The topological polar surface area (TPSA) is 71.2 Å². The number of anilines is 2. The first-order valence-corrected chi connectivity index (χ1v) is 7.27. The molecule has 4 heteroatoms. The van der Waals surface area contributed by atoms with E-state index in [-0.39, 0.29) is 0 Å². The molecule has 1 aliphatic carbocycles. The molecule has 20 heavy (non-hydrogen) atoms. The molecule has 3 rings (SSSR count). The van der Waals surface area contributed by atoms with Gasteiger partial charge in [-0.1, -0.05) is 37.5 Å². The van der Waals surface area contributed by atoms with Gasteiger partial charge in [-0.05, 0) is 18.9 Å². The predicted octanol–water partition coefficient (Wildman–Crippen LogP) is 2.92. The number of fused-ring (bicyclic) bond motifs is 1. The first-order chi connectivity index (χ1) is 9.68. The fraction of sp³-hybridized carbons (Fsp3) is 0.438. The number of nitrogen functional groups attached to an aromatic ring is 1. The van der Waals surface area contributed by atoms with Gasteiger partial charge in [-0.25, -0.2) is 0 Å². The second-order valence-electron chi connectivity index (χ2n) is 5.74. The summed E-state index contributed by atoms with van der Waals surface area (Å²) in [7, 11) is 0. The van der Waals surface area contributed by atoms with E-state index in [0.29, 0.717) is 12.2 Å². The van der Waals surface area contributed by atoms with Crippen LogP contribution in [-0.4, -0.2) is 22.2 Å². The number of hydrogen-bond acceptors (Lipinski definition) is 4. The maximum Gasteiger partial charge on any atom is 0.0819 e. The number of aromatic nitrogens is 1. The Morgan fingerprint density at radius 2 is 1.95 bits per heavy atom. The molecule has 1 aromatic carbocycles. The molecule has 0 unspecified atom stereocenters. The quantitative estimate of drug-likeness (QED) is 0.802. The smallest absolute Gasteiger partial charge is 0.0819 e. The molecule has 0 saturated heterocycles. The van der Waals surface area contributed by atoms with Crippen LogP contribution in [-0.2, 0) is 0 Å². The molecule has 1 heterocycles. The normalized spacial score (nSPS) is 18.1. The van der Waals surface area contributed by atoms with E-state index < -0.39 is 5.60 Å². The second-order valence-corrected chi connectivity index (χ2v) is 5.74. The number of nitrogens with two attached hydrogens (primary N) is 1. The van der Waals surface area contributed by atoms with Crippen LogP contribution in [0.3, 0.4) is 0 Å². The van der Waals surface area contributed by atoms with Crippen molar-refractivity contribution in [2.45, 2.75) is 37.7 Å². The molecule has 0 bridgehead atoms. The Morgan fingerprint density at radius 3 is 2.75 bits per heavy atom. The number of aliphatic hydroxyl groups is 1. The van der Waals surface area contributed by atoms with Gasteiger partial charge in [0.25, 0.3) is 0 Å². The van der Waals surface area contributed by atoms with E-state index in [1.165, 1.54) is 6.42 Å². The van der Waals surface area contributed by atoms with Crippen molar-refractivity contribution in [3.05, 3.63) is 30.5 Å². The number of rotatable bonds is 3. The van der Waals surface area contributed by atoms with Crippen molar-refractivity contribution < 1.29 is 5.11 Å². The van der Waals surface area contributed by atoms with Crippen LogP contribution in [0.25, 0.3) is 10.9 Å². The number of hydrogen-bond donors (Lipinski definition) is 3. The molecule has 4 N–H and O–H groups in total. The molecule has 106 valence electrons. The zero-order chi connectivity index (χ0) is 14.0. The third-order valence-electron chi connectivity index (χ3n) is 4.18. The first kappa shape index (κ1) is 13.2. The Balaban J connectivity index is 1.85. The summed E-state index contributed by atoms with van der Waals surface area (Å²) in [5.41, 5.74) is 7.86. The lowest BCUT2D eigenvalue weighted by Gasteiger charge is -2.32. The van der Waals surface area contributed by atoms with E-state index in [4.69, 9.17) is 5.73 Å². The Morgan fingerprint density at radius 1 is 1.20 bits per heavy atom. The van der Waals surface area contributed by atoms with Gasteiger partial charge in [0.05, 0.1) is 28.7 Å². The van der Waals surface area contributed by atoms with Crippen LogP contribution in [0, 0.1) is 0 Å². The molecule has 0 spiro atoms. The lowest BCUT2D eigenvalue weighted by Crippen LogP contribution is -2.38. The Kier molecular flexibility index (Phi) is 3.49. The summed E-state index contributed by atoms with van der Waals surface area (Å²) < 4.78 is 0. The van der Waals surface area contributed by atoms with Gasteiger partial charge in [0.1, 0.15) is 0 Å². The second kappa shape index (κ2) is 5.29. The van der Waals surface area contributed by atoms with Crippen LogP contribution >= 0.6 is 0 Å². The summed E-state index contributed by atoms with van der Waals surface area (Å²) in [6.45, 7) is 0.547. The van der Waals surface area contributed by atoms with E-state index in [1.807, 2.05) is 24.3 Å². The predicted molar refractivity (Wildman–Crippen MR) is 82.7 cm³/mol. The maximum absolute atomic E-state index is 10.6. The van der Waals surface area contributed by atoms with E-state index >= 15 is 0 Å². The summed E-state index contributed by atoms with van der Waals surface area (Å²) >= 11 is 0. The third kappa shape index (κ3) is 2.56. The summed E-state index contributed by atoms with van der Waals surface area (Å²) in [6, 6.07) is 7.91. The average molecular weight is 271 g/mol. The zero-order valence-electron chi connectivity index (χ0n) is 11.6. The molecule has 0 aliphatic heterocycles. The highest BCUT2D eigenvalue weighted by Crippen LogP contribution is 2.31. The molecule has 4 nitrogen and oxygen atoms in total. The largest absolute Gasteiger partial charge is 0.396 e. The van der Waals surface area contributed by atoms with Crippen molar-refractivity contribution in [1.29, 1.82) is 0 Å². The number of benzene rings is 1. The summed E-state index contributed by atoms with van der Waals surface area (Å²) in [5.74, 6) is 0. The molecule has 0 atom stereocenters. The number of nitrogens with zero attached hydrogens (tertiary/aromatic N) is 1. The summed E-state index contributed by atoms with van der Waals surface area (Å²) in [5, 5.41) is 14.9. The van der Waals surface area contributed by atoms with Crippen molar-refractivity contribution in [2.24, 2.45) is 0 Å². The maximum atomic E-state index is 10.6. The molecule has 1 saturated carbocycles. The van der Waals surface area contributed by atoms with Crippen molar-refractivity contribution in [1.82, 2.24) is 4.98 Å². The average Bonchev–Trinajstić information content (AvgIpc) is 2.47. The monoisotopic (exact) mass is 271 g/mol. The van der Waals surface area contributed by atoms with Gasteiger partial charge < -0.3 is 16.2 Å². The van der Waals surface area contributed by atoms with Crippen LogP contribution < -0.4 is 11.1 Å². The van der Waals surface area contributed by atoms with Crippen LogP contribution in [0.4, 0.5) is 11.4 Å². The van der Waals surface area contributed by atoms with Crippen LogP contribution in [0.2, 0.25) is 0 Å². The number of para-hydroxylation sites is 1.